The molecule has 0 saturated carbocycles. The van der Waals surface area contributed by atoms with E-state index in [2.05, 4.69) is 18.2 Å². The molecular weight excluding hydrogens is 266 g/mol. The predicted molar refractivity (Wildman–Crippen MR) is 85.5 cm³/mol. The van der Waals surface area contributed by atoms with Crippen molar-refractivity contribution in [2.45, 2.75) is 24.2 Å². The molecule has 0 spiro atoms. The summed E-state index contributed by atoms with van der Waals surface area (Å²) in [6, 6.07) is 14.4. The van der Waals surface area contributed by atoms with E-state index in [0.29, 0.717) is 6.61 Å². The SMILES string of the molecule is Nc1cccc(OCCSc2ccc3c(c2)CCC3)c1. The number of hydrogen-bond donors (Lipinski definition) is 1. The van der Waals surface area contributed by atoms with Gasteiger partial charge in [0.05, 0.1) is 6.61 Å². The van der Waals surface area contributed by atoms with Crippen LogP contribution in [0.4, 0.5) is 5.69 Å². The van der Waals surface area contributed by atoms with Crippen molar-refractivity contribution in [3.8, 4) is 5.75 Å². The molecule has 0 saturated heterocycles. The fourth-order valence-electron chi connectivity index (χ4n) is 2.56. The highest BCUT2D eigenvalue weighted by molar-refractivity contribution is 7.99. The molecule has 0 aliphatic heterocycles. The van der Waals surface area contributed by atoms with Crippen LogP contribution in [0.25, 0.3) is 0 Å². The van der Waals surface area contributed by atoms with Gasteiger partial charge in [0.15, 0.2) is 0 Å². The van der Waals surface area contributed by atoms with E-state index in [1.165, 1.54) is 35.3 Å². The predicted octanol–water partition coefficient (Wildman–Crippen LogP) is 3.93. The molecule has 0 radical (unpaired) electrons. The van der Waals surface area contributed by atoms with Gasteiger partial charge < -0.3 is 10.5 Å². The number of hydrogen-bond acceptors (Lipinski definition) is 3. The molecule has 0 fully saturated rings. The molecule has 2 aromatic carbocycles. The fraction of sp³-hybridized carbons (Fsp3) is 0.294. The number of nitrogens with two attached hydrogens (primary N) is 1. The summed E-state index contributed by atoms with van der Waals surface area (Å²) in [7, 11) is 0. The van der Waals surface area contributed by atoms with E-state index < -0.39 is 0 Å². The molecule has 3 rings (SSSR count). The van der Waals surface area contributed by atoms with E-state index in [-0.39, 0.29) is 0 Å². The lowest BCUT2D eigenvalue weighted by molar-refractivity contribution is 0.344. The first kappa shape index (κ1) is 13.4. The van der Waals surface area contributed by atoms with Crippen LogP contribution in [0.2, 0.25) is 0 Å². The van der Waals surface area contributed by atoms with Crippen LogP contribution in [-0.2, 0) is 12.8 Å². The summed E-state index contributed by atoms with van der Waals surface area (Å²) in [5.41, 5.74) is 9.53. The van der Waals surface area contributed by atoms with Crippen molar-refractivity contribution in [2.75, 3.05) is 18.1 Å². The number of nitrogen functional groups attached to an aromatic ring is 1. The van der Waals surface area contributed by atoms with E-state index in [1.807, 2.05) is 36.0 Å². The highest BCUT2D eigenvalue weighted by Gasteiger charge is 2.10. The van der Waals surface area contributed by atoms with Gasteiger partial charge in [0, 0.05) is 22.4 Å². The molecule has 104 valence electrons. The molecule has 1 aliphatic carbocycles. The van der Waals surface area contributed by atoms with Gasteiger partial charge in [-0.2, -0.15) is 0 Å². The van der Waals surface area contributed by atoms with E-state index >= 15 is 0 Å². The third-order valence-electron chi connectivity index (χ3n) is 3.55. The average Bonchev–Trinajstić information content (AvgIpc) is 2.91. The van der Waals surface area contributed by atoms with Gasteiger partial charge in [0.1, 0.15) is 5.75 Å². The van der Waals surface area contributed by atoms with Crippen LogP contribution in [0.5, 0.6) is 5.75 Å². The lowest BCUT2D eigenvalue weighted by Gasteiger charge is -2.07. The van der Waals surface area contributed by atoms with Crippen LogP contribution >= 0.6 is 11.8 Å². The van der Waals surface area contributed by atoms with Crippen molar-refractivity contribution in [1.82, 2.24) is 0 Å². The van der Waals surface area contributed by atoms with Crippen molar-refractivity contribution in [1.29, 1.82) is 0 Å². The zero-order chi connectivity index (χ0) is 13.8. The molecule has 0 bridgehead atoms. The Morgan fingerprint density at radius 3 is 2.85 bits per heavy atom. The van der Waals surface area contributed by atoms with Gasteiger partial charge in [-0.3, -0.25) is 0 Å². The van der Waals surface area contributed by atoms with Gasteiger partial charge in [0.25, 0.3) is 0 Å². The Hall–Kier alpha value is -1.61. The van der Waals surface area contributed by atoms with E-state index in [9.17, 15) is 0 Å². The molecule has 1 aliphatic rings. The molecule has 2 nitrogen and oxygen atoms in total. The van der Waals surface area contributed by atoms with Crippen molar-refractivity contribution in [3.63, 3.8) is 0 Å². The third-order valence-corrected chi connectivity index (χ3v) is 4.51. The summed E-state index contributed by atoms with van der Waals surface area (Å²) in [5, 5.41) is 0. The Morgan fingerprint density at radius 2 is 1.95 bits per heavy atom. The molecule has 3 heteroatoms. The second kappa shape index (κ2) is 6.23. The minimum atomic E-state index is 0.700. The Bertz CT molecular complexity index is 597. The van der Waals surface area contributed by atoms with Gasteiger partial charge in [0.2, 0.25) is 0 Å². The van der Waals surface area contributed by atoms with Crippen LogP contribution in [0.3, 0.4) is 0 Å². The zero-order valence-electron chi connectivity index (χ0n) is 11.5. The van der Waals surface area contributed by atoms with E-state index in [4.69, 9.17) is 10.5 Å². The molecule has 2 N–H and O–H groups in total. The van der Waals surface area contributed by atoms with Crippen LogP contribution in [-0.4, -0.2) is 12.4 Å². The first-order valence-electron chi connectivity index (χ1n) is 7.04. The molecule has 20 heavy (non-hydrogen) atoms. The minimum Gasteiger partial charge on any atom is -0.493 e. The third kappa shape index (κ3) is 3.28. The Labute approximate surface area is 124 Å². The minimum absolute atomic E-state index is 0.700. The second-order valence-corrected chi connectivity index (χ2v) is 6.22. The Balaban J connectivity index is 1.48. The molecule has 0 aromatic heterocycles. The van der Waals surface area contributed by atoms with Gasteiger partial charge in [-0.25, -0.2) is 0 Å². The standard InChI is InChI=1S/C17H19NOS/c18-15-5-2-6-16(12-15)19-9-10-20-17-8-7-13-3-1-4-14(13)11-17/h2,5-8,11-12H,1,3-4,9-10,18H2. The van der Waals surface area contributed by atoms with Gasteiger partial charge in [-0.15, -0.1) is 11.8 Å². The average molecular weight is 285 g/mol. The summed E-state index contributed by atoms with van der Waals surface area (Å²) in [5.74, 6) is 1.80. The maximum Gasteiger partial charge on any atom is 0.121 e. The van der Waals surface area contributed by atoms with Crippen LogP contribution in [0.1, 0.15) is 17.5 Å². The Kier molecular flexibility index (Phi) is 4.16. The van der Waals surface area contributed by atoms with E-state index in [0.717, 1.165) is 17.2 Å². The largest absolute Gasteiger partial charge is 0.493 e. The Morgan fingerprint density at radius 1 is 1.05 bits per heavy atom. The fourth-order valence-corrected chi connectivity index (χ4v) is 3.35. The van der Waals surface area contributed by atoms with Crippen LogP contribution in [0, 0.1) is 0 Å². The number of aryl methyl sites for hydroxylation is 2. The summed E-state index contributed by atoms with van der Waals surface area (Å²) < 4.78 is 5.70. The first-order valence-corrected chi connectivity index (χ1v) is 8.03. The molecule has 0 heterocycles. The van der Waals surface area contributed by atoms with Crippen molar-refractivity contribution in [3.05, 3.63) is 53.6 Å². The lowest BCUT2D eigenvalue weighted by atomic mass is 10.1. The molecular formula is C17H19NOS. The normalized spacial score (nSPS) is 13.2. The number of benzene rings is 2. The highest BCUT2D eigenvalue weighted by Crippen LogP contribution is 2.27. The van der Waals surface area contributed by atoms with Crippen molar-refractivity contribution < 1.29 is 4.74 Å². The summed E-state index contributed by atoms with van der Waals surface area (Å²) in [4.78, 5) is 1.35. The van der Waals surface area contributed by atoms with Crippen molar-refractivity contribution in [2.24, 2.45) is 0 Å². The maximum absolute atomic E-state index is 5.72. The van der Waals surface area contributed by atoms with Gasteiger partial charge in [-0.1, -0.05) is 12.1 Å². The summed E-state index contributed by atoms with van der Waals surface area (Å²) in [6.07, 6.45) is 3.80. The van der Waals surface area contributed by atoms with E-state index in [1.54, 1.807) is 0 Å². The number of fused-ring (bicyclic) bond motifs is 1. The number of rotatable bonds is 5. The molecule has 0 atom stereocenters. The quantitative estimate of drug-likeness (QED) is 0.513. The topological polar surface area (TPSA) is 35.2 Å². The summed E-state index contributed by atoms with van der Waals surface area (Å²) in [6.45, 7) is 0.700. The molecule has 2 aromatic rings. The molecule has 0 amide bonds. The lowest BCUT2D eigenvalue weighted by Crippen LogP contribution is -2.00. The van der Waals surface area contributed by atoms with Crippen LogP contribution < -0.4 is 10.5 Å². The number of thioether (sulfide) groups is 1. The smallest absolute Gasteiger partial charge is 0.121 e. The highest BCUT2D eigenvalue weighted by atomic mass is 32.2. The summed E-state index contributed by atoms with van der Waals surface area (Å²) >= 11 is 1.85. The van der Waals surface area contributed by atoms with Crippen LogP contribution in [0.15, 0.2) is 47.4 Å². The monoisotopic (exact) mass is 285 g/mol. The zero-order valence-corrected chi connectivity index (χ0v) is 12.3. The maximum atomic E-state index is 5.72. The number of anilines is 1. The molecule has 0 unspecified atom stereocenters. The first-order chi connectivity index (χ1) is 9.81. The van der Waals surface area contributed by atoms with Gasteiger partial charge >= 0.3 is 0 Å². The second-order valence-electron chi connectivity index (χ2n) is 5.05. The van der Waals surface area contributed by atoms with Gasteiger partial charge in [-0.05, 0) is 54.7 Å². The number of ether oxygens (including phenoxy) is 1. The van der Waals surface area contributed by atoms with Crippen molar-refractivity contribution >= 4 is 17.4 Å².